The first-order chi connectivity index (χ1) is 12.1. The Bertz CT molecular complexity index is 954. The van der Waals surface area contributed by atoms with E-state index in [0.717, 1.165) is 0 Å². The number of benzene rings is 2. The molecule has 0 amide bonds. The van der Waals surface area contributed by atoms with Crippen molar-refractivity contribution in [3.05, 3.63) is 58.8 Å². The molecule has 0 saturated carbocycles. The number of carbonyl (C=O) groups is 1. The minimum Gasteiger partial charge on any atom is -0.497 e. The second-order valence-corrected chi connectivity index (χ2v) is 5.54. The number of carbonyl (C=O) groups excluding carboxylic acids is 1. The van der Waals surface area contributed by atoms with Crippen molar-refractivity contribution in [1.29, 1.82) is 0 Å². The number of methoxy groups -OCH3 is 1. The molecule has 0 saturated heterocycles. The van der Waals surface area contributed by atoms with E-state index in [-0.39, 0.29) is 23.4 Å². The zero-order chi connectivity index (χ0) is 17.8. The summed E-state index contributed by atoms with van der Waals surface area (Å²) in [7, 11) is 1.57. The normalized spacial score (nSPS) is 10.6. The zero-order valence-electron chi connectivity index (χ0n) is 14.1. The molecule has 0 spiro atoms. The van der Waals surface area contributed by atoms with Gasteiger partial charge >= 0.3 is 5.97 Å². The molecule has 5 heteroatoms. The average molecular weight is 338 g/mol. The highest BCUT2D eigenvalue weighted by Gasteiger charge is 2.20. The number of hydrogen-bond acceptors (Lipinski definition) is 5. The second kappa shape index (κ2) is 7.21. The number of para-hydroxylation sites is 1. The Morgan fingerprint density at radius 1 is 1.08 bits per heavy atom. The van der Waals surface area contributed by atoms with Crippen LogP contribution in [0.25, 0.3) is 22.3 Å². The van der Waals surface area contributed by atoms with Gasteiger partial charge in [0.2, 0.25) is 11.2 Å². The summed E-state index contributed by atoms with van der Waals surface area (Å²) in [4.78, 5) is 24.8. The lowest BCUT2D eigenvalue weighted by molar-refractivity contribution is -0.134. The van der Waals surface area contributed by atoms with E-state index in [4.69, 9.17) is 13.9 Å². The molecule has 2 aromatic carbocycles. The van der Waals surface area contributed by atoms with Crippen LogP contribution in [0.4, 0.5) is 0 Å². The maximum atomic E-state index is 12.8. The van der Waals surface area contributed by atoms with Gasteiger partial charge in [-0.05, 0) is 42.8 Å². The van der Waals surface area contributed by atoms with Crippen molar-refractivity contribution in [2.45, 2.75) is 19.8 Å². The highest BCUT2D eigenvalue weighted by atomic mass is 16.5. The number of esters is 1. The van der Waals surface area contributed by atoms with Crippen LogP contribution in [-0.2, 0) is 4.79 Å². The summed E-state index contributed by atoms with van der Waals surface area (Å²) in [5.74, 6) is 0.370. The maximum absolute atomic E-state index is 12.8. The lowest BCUT2D eigenvalue weighted by Gasteiger charge is -2.10. The summed E-state index contributed by atoms with van der Waals surface area (Å²) < 4.78 is 16.4. The molecule has 0 aliphatic carbocycles. The minimum absolute atomic E-state index is 0.0812. The van der Waals surface area contributed by atoms with E-state index in [2.05, 4.69) is 0 Å². The molecule has 0 aliphatic heterocycles. The Labute approximate surface area is 144 Å². The van der Waals surface area contributed by atoms with Gasteiger partial charge in [-0.25, -0.2) is 0 Å². The van der Waals surface area contributed by atoms with Crippen LogP contribution >= 0.6 is 0 Å². The molecule has 0 atom stereocenters. The second-order valence-electron chi connectivity index (χ2n) is 5.54. The summed E-state index contributed by atoms with van der Waals surface area (Å²) >= 11 is 0. The van der Waals surface area contributed by atoms with Crippen LogP contribution < -0.4 is 14.9 Å². The Morgan fingerprint density at radius 2 is 1.80 bits per heavy atom. The average Bonchev–Trinajstić information content (AvgIpc) is 2.64. The SMILES string of the molecule is CCCC(=O)Oc1c(-c2ccc(OC)cc2)oc2ccccc2c1=O. The Morgan fingerprint density at radius 3 is 2.48 bits per heavy atom. The molecule has 0 fully saturated rings. The monoisotopic (exact) mass is 338 g/mol. The van der Waals surface area contributed by atoms with Gasteiger partial charge in [-0.1, -0.05) is 19.1 Å². The zero-order valence-corrected chi connectivity index (χ0v) is 14.1. The third-order valence-electron chi connectivity index (χ3n) is 3.78. The summed E-state index contributed by atoms with van der Waals surface area (Å²) in [6, 6.07) is 13.9. The van der Waals surface area contributed by atoms with Gasteiger partial charge in [-0.2, -0.15) is 0 Å². The van der Waals surface area contributed by atoms with Crippen LogP contribution in [0.3, 0.4) is 0 Å². The third kappa shape index (κ3) is 3.40. The number of ether oxygens (including phenoxy) is 2. The molecule has 3 aromatic rings. The topological polar surface area (TPSA) is 65.7 Å². The lowest BCUT2D eigenvalue weighted by Crippen LogP contribution is -2.15. The van der Waals surface area contributed by atoms with Crippen molar-refractivity contribution in [1.82, 2.24) is 0 Å². The third-order valence-corrected chi connectivity index (χ3v) is 3.78. The van der Waals surface area contributed by atoms with E-state index < -0.39 is 5.97 Å². The van der Waals surface area contributed by atoms with Gasteiger partial charge in [0.1, 0.15) is 11.3 Å². The fourth-order valence-electron chi connectivity index (χ4n) is 2.52. The van der Waals surface area contributed by atoms with Crippen LogP contribution in [-0.4, -0.2) is 13.1 Å². The van der Waals surface area contributed by atoms with E-state index in [9.17, 15) is 9.59 Å². The first kappa shape index (κ1) is 16.8. The molecular weight excluding hydrogens is 320 g/mol. The molecule has 1 aromatic heterocycles. The molecule has 25 heavy (non-hydrogen) atoms. The molecule has 5 nitrogen and oxygen atoms in total. The predicted molar refractivity (Wildman–Crippen MR) is 95.0 cm³/mol. The highest BCUT2D eigenvalue weighted by Crippen LogP contribution is 2.32. The molecule has 0 unspecified atom stereocenters. The first-order valence-corrected chi connectivity index (χ1v) is 8.05. The van der Waals surface area contributed by atoms with Crippen molar-refractivity contribution < 1.29 is 18.7 Å². The summed E-state index contributed by atoms with van der Waals surface area (Å²) in [6.07, 6.45) is 0.865. The molecule has 128 valence electrons. The fraction of sp³-hybridized carbons (Fsp3) is 0.200. The molecule has 1 heterocycles. The number of hydrogen-bond donors (Lipinski definition) is 0. The van der Waals surface area contributed by atoms with Crippen molar-refractivity contribution in [3.63, 3.8) is 0 Å². The number of fused-ring (bicyclic) bond motifs is 1. The highest BCUT2D eigenvalue weighted by molar-refractivity contribution is 5.84. The van der Waals surface area contributed by atoms with Gasteiger partial charge in [0.25, 0.3) is 0 Å². The van der Waals surface area contributed by atoms with Crippen LogP contribution in [0.5, 0.6) is 11.5 Å². The first-order valence-electron chi connectivity index (χ1n) is 8.05. The molecule has 0 radical (unpaired) electrons. The Kier molecular flexibility index (Phi) is 4.84. The van der Waals surface area contributed by atoms with E-state index in [1.54, 1.807) is 55.6 Å². The van der Waals surface area contributed by atoms with Gasteiger partial charge in [0.05, 0.1) is 12.5 Å². The Balaban J connectivity index is 2.19. The van der Waals surface area contributed by atoms with E-state index in [0.29, 0.717) is 28.7 Å². The van der Waals surface area contributed by atoms with Crippen molar-refractivity contribution in [3.8, 4) is 22.8 Å². The van der Waals surface area contributed by atoms with Crippen molar-refractivity contribution in [2.24, 2.45) is 0 Å². The van der Waals surface area contributed by atoms with E-state index in [1.807, 2.05) is 6.92 Å². The quantitative estimate of drug-likeness (QED) is 0.653. The van der Waals surface area contributed by atoms with E-state index in [1.165, 1.54) is 0 Å². The fourth-order valence-corrected chi connectivity index (χ4v) is 2.52. The molecule has 0 aliphatic rings. The Hall–Kier alpha value is -3.08. The summed E-state index contributed by atoms with van der Waals surface area (Å²) in [6.45, 7) is 1.87. The summed E-state index contributed by atoms with van der Waals surface area (Å²) in [5, 5.41) is 0.374. The standard InChI is InChI=1S/C20H18O5/c1-3-6-17(21)25-20-18(22)15-7-4-5-8-16(15)24-19(20)13-9-11-14(23-2)12-10-13/h4-5,7-12H,3,6H2,1-2H3. The van der Waals surface area contributed by atoms with Crippen LogP contribution in [0, 0.1) is 0 Å². The van der Waals surface area contributed by atoms with Crippen LogP contribution in [0.1, 0.15) is 19.8 Å². The van der Waals surface area contributed by atoms with Crippen LogP contribution in [0.2, 0.25) is 0 Å². The van der Waals surface area contributed by atoms with Gasteiger partial charge < -0.3 is 13.9 Å². The van der Waals surface area contributed by atoms with Gasteiger partial charge in [0.15, 0.2) is 5.76 Å². The predicted octanol–water partition coefficient (Wildman–Crippen LogP) is 4.17. The van der Waals surface area contributed by atoms with Crippen LogP contribution in [0.15, 0.2) is 57.7 Å². The maximum Gasteiger partial charge on any atom is 0.311 e. The molecule has 0 bridgehead atoms. The largest absolute Gasteiger partial charge is 0.497 e. The van der Waals surface area contributed by atoms with Gasteiger partial charge in [0, 0.05) is 12.0 Å². The molecule has 0 N–H and O–H groups in total. The molecular formula is C20H18O5. The molecule has 3 rings (SSSR count). The minimum atomic E-state index is -0.458. The smallest absolute Gasteiger partial charge is 0.311 e. The van der Waals surface area contributed by atoms with Gasteiger partial charge in [-0.15, -0.1) is 0 Å². The number of rotatable bonds is 5. The lowest BCUT2D eigenvalue weighted by atomic mass is 10.1. The van der Waals surface area contributed by atoms with Gasteiger partial charge in [-0.3, -0.25) is 9.59 Å². The van der Waals surface area contributed by atoms with Crippen molar-refractivity contribution in [2.75, 3.05) is 7.11 Å². The summed E-state index contributed by atoms with van der Waals surface area (Å²) in [5.41, 5.74) is 0.702. The van der Waals surface area contributed by atoms with Crippen molar-refractivity contribution >= 4 is 16.9 Å². The van der Waals surface area contributed by atoms with E-state index >= 15 is 0 Å².